The minimum atomic E-state index is -0.159. The summed E-state index contributed by atoms with van der Waals surface area (Å²) in [5.74, 6) is 1.24. The van der Waals surface area contributed by atoms with Gasteiger partial charge in [0.05, 0.1) is 36.1 Å². The van der Waals surface area contributed by atoms with Crippen molar-refractivity contribution in [3.63, 3.8) is 0 Å². The van der Waals surface area contributed by atoms with Gasteiger partial charge in [0.15, 0.2) is 0 Å². The van der Waals surface area contributed by atoms with Crippen LogP contribution in [-0.2, 0) is 11.3 Å². The van der Waals surface area contributed by atoms with Gasteiger partial charge >= 0.3 is 0 Å². The van der Waals surface area contributed by atoms with Gasteiger partial charge in [-0.15, -0.1) is 11.8 Å². The van der Waals surface area contributed by atoms with Crippen LogP contribution in [0.5, 0.6) is 0 Å². The molecule has 2 aromatic rings. The summed E-state index contributed by atoms with van der Waals surface area (Å²) in [6.07, 6.45) is 1.67. The number of aromatic nitrogens is 2. The average Bonchev–Trinajstić information content (AvgIpc) is 3.08. The summed E-state index contributed by atoms with van der Waals surface area (Å²) in [5, 5.41) is 4.95. The molecule has 1 aliphatic heterocycles. The molecule has 6 heteroatoms. The van der Waals surface area contributed by atoms with Crippen LogP contribution in [0.4, 0.5) is 0 Å². The molecule has 0 amide bonds. The molecule has 0 aliphatic carbocycles. The fourth-order valence-corrected chi connectivity index (χ4v) is 4.31. The van der Waals surface area contributed by atoms with Gasteiger partial charge in [-0.25, -0.2) is 0 Å². The van der Waals surface area contributed by atoms with Crippen molar-refractivity contribution in [1.82, 2.24) is 9.78 Å². The lowest BCUT2D eigenvalue weighted by Gasteiger charge is -2.21. The van der Waals surface area contributed by atoms with Crippen LogP contribution in [0, 0.1) is 0 Å². The number of nitrogens with zero attached hydrogens (tertiary/aromatic N) is 2. The number of hydrogen-bond donors (Lipinski definition) is 1. The quantitative estimate of drug-likeness (QED) is 0.918. The number of methoxy groups -OCH3 is 1. The molecular weight excluding hydrogens is 306 g/mol. The molecule has 0 bridgehead atoms. The highest BCUT2D eigenvalue weighted by molar-refractivity contribution is 7.99. The van der Waals surface area contributed by atoms with E-state index in [1.54, 1.807) is 13.3 Å². The van der Waals surface area contributed by atoms with Crippen LogP contribution >= 0.6 is 23.4 Å². The smallest absolute Gasteiger partial charge is 0.0834 e. The third-order valence-electron chi connectivity index (χ3n) is 3.83. The highest BCUT2D eigenvalue weighted by atomic mass is 35.5. The Morgan fingerprint density at radius 2 is 2.33 bits per heavy atom. The molecule has 1 aromatic heterocycles. The molecule has 0 radical (unpaired) electrons. The molecular formula is C15H18ClN3OS. The minimum absolute atomic E-state index is 0.159. The fourth-order valence-electron chi connectivity index (χ4n) is 2.73. The maximum absolute atomic E-state index is 6.53. The number of thioether (sulfide) groups is 1. The SMILES string of the molecule is COCCn1ncc(Cl)c1C(N)C1CSc2ccccc21. The molecule has 0 spiro atoms. The summed E-state index contributed by atoms with van der Waals surface area (Å²) >= 11 is 8.17. The molecule has 0 saturated heterocycles. The zero-order valence-electron chi connectivity index (χ0n) is 11.8. The Balaban J connectivity index is 1.89. The third-order valence-corrected chi connectivity index (χ3v) is 5.33. The van der Waals surface area contributed by atoms with Gasteiger partial charge in [-0.05, 0) is 11.6 Å². The summed E-state index contributed by atoms with van der Waals surface area (Å²) in [5.41, 5.74) is 8.74. The van der Waals surface area contributed by atoms with Crippen molar-refractivity contribution in [2.24, 2.45) is 5.73 Å². The predicted octanol–water partition coefficient (Wildman–Crippen LogP) is 3.07. The number of ether oxygens (including phenoxy) is 1. The molecule has 0 saturated carbocycles. The molecule has 1 aliphatic rings. The normalized spacial score (nSPS) is 18.7. The van der Waals surface area contributed by atoms with Gasteiger partial charge in [0.1, 0.15) is 0 Å². The number of nitrogens with two attached hydrogens (primary N) is 1. The van der Waals surface area contributed by atoms with Gasteiger partial charge in [-0.1, -0.05) is 29.8 Å². The molecule has 1 aromatic carbocycles. The first kappa shape index (κ1) is 14.9. The molecule has 0 fully saturated rings. The first-order valence-electron chi connectivity index (χ1n) is 6.90. The Morgan fingerprint density at radius 3 is 3.14 bits per heavy atom. The standard InChI is InChI=1S/C15H18ClN3OS/c1-20-7-6-19-15(12(16)8-18-19)14(17)11-9-21-13-5-3-2-4-10(11)13/h2-5,8,11,14H,6-7,9,17H2,1H3. The minimum Gasteiger partial charge on any atom is -0.383 e. The maximum atomic E-state index is 6.53. The molecule has 2 N–H and O–H groups in total. The van der Waals surface area contributed by atoms with Gasteiger partial charge < -0.3 is 10.5 Å². The second-order valence-electron chi connectivity index (χ2n) is 5.07. The number of benzene rings is 1. The summed E-state index contributed by atoms with van der Waals surface area (Å²) in [6, 6.07) is 8.28. The summed E-state index contributed by atoms with van der Waals surface area (Å²) in [7, 11) is 1.68. The summed E-state index contributed by atoms with van der Waals surface area (Å²) in [6.45, 7) is 1.25. The molecule has 2 atom stereocenters. The number of halogens is 1. The van der Waals surface area contributed by atoms with Gasteiger partial charge in [0, 0.05) is 23.7 Å². The second-order valence-corrected chi connectivity index (χ2v) is 6.54. The zero-order valence-corrected chi connectivity index (χ0v) is 13.4. The first-order chi connectivity index (χ1) is 10.2. The van der Waals surface area contributed by atoms with E-state index in [0.717, 1.165) is 11.4 Å². The van der Waals surface area contributed by atoms with Crippen LogP contribution in [0.2, 0.25) is 5.02 Å². The van der Waals surface area contributed by atoms with Crippen LogP contribution in [-0.4, -0.2) is 29.3 Å². The van der Waals surface area contributed by atoms with Gasteiger partial charge in [0.25, 0.3) is 0 Å². The van der Waals surface area contributed by atoms with Gasteiger partial charge in [-0.2, -0.15) is 5.10 Å². The van der Waals surface area contributed by atoms with Crippen LogP contribution < -0.4 is 5.73 Å². The van der Waals surface area contributed by atoms with Gasteiger partial charge in [0.2, 0.25) is 0 Å². The second kappa shape index (κ2) is 6.40. The van der Waals surface area contributed by atoms with Crippen molar-refractivity contribution in [3.8, 4) is 0 Å². The lowest BCUT2D eigenvalue weighted by atomic mass is 9.92. The third kappa shape index (κ3) is 2.83. The Bertz CT molecular complexity index is 631. The highest BCUT2D eigenvalue weighted by Crippen LogP contribution is 2.45. The van der Waals surface area contributed by atoms with Gasteiger partial charge in [-0.3, -0.25) is 4.68 Å². The average molecular weight is 324 g/mol. The topological polar surface area (TPSA) is 53.1 Å². The van der Waals surface area contributed by atoms with Crippen molar-refractivity contribution in [3.05, 3.63) is 46.7 Å². The van der Waals surface area contributed by atoms with Crippen LogP contribution in [0.3, 0.4) is 0 Å². The van der Waals surface area contributed by atoms with E-state index in [9.17, 15) is 0 Å². The molecule has 4 nitrogen and oxygen atoms in total. The zero-order chi connectivity index (χ0) is 14.8. The van der Waals surface area contributed by atoms with Crippen molar-refractivity contribution < 1.29 is 4.74 Å². The van der Waals surface area contributed by atoms with Crippen LogP contribution in [0.1, 0.15) is 23.2 Å². The van der Waals surface area contributed by atoms with Crippen LogP contribution in [0.15, 0.2) is 35.4 Å². The van der Waals surface area contributed by atoms with Crippen LogP contribution in [0.25, 0.3) is 0 Å². The summed E-state index contributed by atoms with van der Waals surface area (Å²) < 4.78 is 6.99. The Labute approximate surface area is 133 Å². The van der Waals surface area contributed by atoms with E-state index in [2.05, 4.69) is 29.4 Å². The monoisotopic (exact) mass is 323 g/mol. The largest absolute Gasteiger partial charge is 0.383 e. The number of fused-ring (bicyclic) bond motifs is 1. The molecule has 21 heavy (non-hydrogen) atoms. The van der Waals surface area contributed by atoms with Crippen molar-refractivity contribution >= 4 is 23.4 Å². The molecule has 2 heterocycles. The first-order valence-corrected chi connectivity index (χ1v) is 8.26. The highest BCUT2D eigenvalue weighted by Gasteiger charge is 2.32. The number of rotatable bonds is 5. The molecule has 3 rings (SSSR count). The van der Waals surface area contributed by atoms with E-state index in [1.807, 2.05) is 16.4 Å². The van der Waals surface area contributed by atoms with Crippen molar-refractivity contribution in [1.29, 1.82) is 0 Å². The maximum Gasteiger partial charge on any atom is 0.0834 e. The van der Waals surface area contributed by atoms with E-state index in [4.69, 9.17) is 22.1 Å². The van der Waals surface area contributed by atoms with E-state index >= 15 is 0 Å². The Kier molecular flexibility index (Phi) is 4.54. The van der Waals surface area contributed by atoms with E-state index < -0.39 is 0 Å². The Hall–Kier alpha value is -1.01. The van der Waals surface area contributed by atoms with Crippen molar-refractivity contribution in [2.75, 3.05) is 19.5 Å². The van der Waals surface area contributed by atoms with E-state index in [0.29, 0.717) is 18.2 Å². The molecule has 112 valence electrons. The predicted molar refractivity (Wildman–Crippen MR) is 85.9 cm³/mol. The Morgan fingerprint density at radius 1 is 1.52 bits per heavy atom. The van der Waals surface area contributed by atoms with E-state index in [-0.39, 0.29) is 12.0 Å². The fraction of sp³-hybridized carbons (Fsp3) is 0.400. The molecule has 2 unspecified atom stereocenters. The van der Waals surface area contributed by atoms with Crippen molar-refractivity contribution in [2.45, 2.75) is 23.4 Å². The number of hydrogen-bond acceptors (Lipinski definition) is 4. The lowest BCUT2D eigenvalue weighted by molar-refractivity contribution is 0.182. The lowest BCUT2D eigenvalue weighted by Crippen LogP contribution is -2.24. The summed E-state index contributed by atoms with van der Waals surface area (Å²) in [4.78, 5) is 1.32. The van der Waals surface area contributed by atoms with E-state index in [1.165, 1.54) is 10.5 Å².